The summed E-state index contributed by atoms with van der Waals surface area (Å²) in [4.78, 5) is 17.3. The monoisotopic (exact) mass is 236 g/mol. The lowest BCUT2D eigenvalue weighted by molar-refractivity contribution is -0.107. The van der Waals surface area contributed by atoms with Crippen LogP contribution in [0.1, 0.15) is 50.7 Å². The molecule has 0 aliphatic carbocycles. The first-order chi connectivity index (χ1) is 8.22. The van der Waals surface area contributed by atoms with E-state index >= 15 is 0 Å². The number of rotatable bonds is 4. The van der Waals surface area contributed by atoms with Crippen LogP contribution in [-0.2, 0) is 11.2 Å². The number of carbonyl (C=O) groups excluding carboxylic acids is 1. The number of oxazole rings is 1. The van der Waals surface area contributed by atoms with Crippen molar-refractivity contribution in [2.45, 2.75) is 51.6 Å². The van der Waals surface area contributed by atoms with E-state index in [1.54, 1.807) is 6.26 Å². The van der Waals surface area contributed by atoms with Crippen molar-refractivity contribution in [3.63, 3.8) is 0 Å². The number of nitrogens with zero attached hydrogens (tertiary/aromatic N) is 2. The van der Waals surface area contributed by atoms with Gasteiger partial charge in [0.15, 0.2) is 0 Å². The van der Waals surface area contributed by atoms with Crippen LogP contribution in [0, 0.1) is 0 Å². The molecule has 1 aliphatic rings. The van der Waals surface area contributed by atoms with Gasteiger partial charge in [0.25, 0.3) is 0 Å². The van der Waals surface area contributed by atoms with Crippen LogP contribution in [0.25, 0.3) is 0 Å². The molecule has 17 heavy (non-hydrogen) atoms. The minimum atomic E-state index is 0.282. The van der Waals surface area contributed by atoms with Crippen LogP contribution in [0.3, 0.4) is 0 Å². The predicted octanol–water partition coefficient (Wildman–Crippen LogP) is 2.35. The van der Waals surface area contributed by atoms with Crippen LogP contribution >= 0.6 is 0 Å². The molecule has 1 aliphatic heterocycles. The summed E-state index contributed by atoms with van der Waals surface area (Å²) in [7, 11) is 0. The molecule has 1 aromatic rings. The average Bonchev–Trinajstić information content (AvgIpc) is 2.78. The Morgan fingerprint density at radius 3 is 3.12 bits per heavy atom. The summed E-state index contributed by atoms with van der Waals surface area (Å²) in [6.45, 7) is 5.51. The van der Waals surface area contributed by atoms with Gasteiger partial charge in [-0.15, -0.1) is 0 Å². The second-order valence-corrected chi connectivity index (χ2v) is 4.89. The second kappa shape index (κ2) is 5.45. The molecule has 2 heterocycles. The summed E-state index contributed by atoms with van der Waals surface area (Å²) in [6.07, 6.45) is 6.38. The summed E-state index contributed by atoms with van der Waals surface area (Å²) >= 11 is 0. The molecule has 0 spiro atoms. The molecule has 4 nitrogen and oxygen atoms in total. The van der Waals surface area contributed by atoms with E-state index in [0.29, 0.717) is 12.5 Å². The van der Waals surface area contributed by atoms with E-state index in [0.717, 1.165) is 30.8 Å². The Morgan fingerprint density at radius 1 is 1.59 bits per heavy atom. The zero-order valence-corrected chi connectivity index (χ0v) is 10.6. The van der Waals surface area contributed by atoms with Crippen LogP contribution in [0.4, 0.5) is 0 Å². The molecule has 1 unspecified atom stereocenters. The molecule has 1 atom stereocenters. The molecule has 4 heteroatoms. The van der Waals surface area contributed by atoms with Gasteiger partial charge in [-0.1, -0.05) is 6.42 Å². The van der Waals surface area contributed by atoms with Crippen molar-refractivity contribution in [3.8, 4) is 0 Å². The minimum absolute atomic E-state index is 0.282. The van der Waals surface area contributed by atoms with Gasteiger partial charge in [0.05, 0.1) is 11.7 Å². The van der Waals surface area contributed by atoms with E-state index in [1.165, 1.54) is 12.8 Å². The predicted molar refractivity (Wildman–Crippen MR) is 64.7 cm³/mol. The lowest BCUT2D eigenvalue weighted by atomic mass is 10.0. The minimum Gasteiger partial charge on any atom is -0.447 e. The van der Waals surface area contributed by atoms with Gasteiger partial charge in [0.1, 0.15) is 12.5 Å². The Hall–Kier alpha value is -1.16. The summed E-state index contributed by atoms with van der Waals surface area (Å²) in [5.41, 5.74) is 0.740. The number of hydrogen-bond donors (Lipinski definition) is 0. The van der Waals surface area contributed by atoms with Gasteiger partial charge in [0, 0.05) is 12.5 Å². The van der Waals surface area contributed by atoms with Gasteiger partial charge in [0.2, 0.25) is 5.89 Å². The largest absolute Gasteiger partial charge is 0.447 e. The Balaban J connectivity index is 2.14. The van der Waals surface area contributed by atoms with Crippen LogP contribution in [0.15, 0.2) is 10.7 Å². The van der Waals surface area contributed by atoms with Gasteiger partial charge in [-0.3, -0.25) is 4.90 Å². The van der Waals surface area contributed by atoms with Gasteiger partial charge >= 0.3 is 0 Å². The van der Waals surface area contributed by atoms with E-state index in [1.807, 2.05) is 0 Å². The standard InChI is InChI=1S/C13H20N2O2/c1-10(2)15-7-4-3-5-12(15)13-14-11(6-8-16)9-17-13/h8-10,12H,3-7H2,1-2H3. The highest BCUT2D eigenvalue weighted by Crippen LogP contribution is 2.31. The first-order valence-corrected chi connectivity index (χ1v) is 6.36. The Bertz CT molecular complexity index is 373. The van der Waals surface area contributed by atoms with Crippen molar-refractivity contribution < 1.29 is 9.21 Å². The smallest absolute Gasteiger partial charge is 0.211 e. The highest BCUT2D eigenvalue weighted by Gasteiger charge is 2.29. The molecule has 1 saturated heterocycles. The molecule has 0 radical (unpaired) electrons. The van der Waals surface area contributed by atoms with Crippen LogP contribution < -0.4 is 0 Å². The normalized spacial score (nSPS) is 21.9. The molecule has 0 bridgehead atoms. The zero-order chi connectivity index (χ0) is 12.3. The van der Waals surface area contributed by atoms with E-state index in [-0.39, 0.29) is 6.04 Å². The summed E-state index contributed by atoms with van der Waals surface area (Å²) in [6, 6.07) is 0.783. The lowest BCUT2D eigenvalue weighted by Gasteiger charge is -2.36. The molecule has 1 fully saturated rings. The number of aromatic nitrogens is 1. The summed E-state index contributed by atoms with van der Waals surface area (Å²) < 4.78 is 5.53. The fourth-order valence-electron chi connectivity index (χ4n) is 2.49. The first kappa shape index (κ1) is 12.3. The third-order valence-electron chi connectivity index (χ3n) is 3.35. The Labute approximate surface area is 102 Å². The number of likely N-dealkylation sites (tertiary alicyclic amines) is 1. The fourth-order valence-corrected chi connectivity index (χ4v) is 2.49. The molecule has 0 amide bonds. The van der Waals surface area contributed by atoms with Crippen molar-refractivity contribution in [1.29, 1.82) is 0 Å². The topological polar surface area (TPSA) is 46.3 Å². The zero-order valence-electron chi connectivity index (χ0n) is 10.6. The third kappa shape index (κ3) is 2.75. The van der Waals surface area contributed by atoms with Gasteiger partial charge in [-0.05, 0) is 33.2 Å². The summed E-state index contributed by atoms with van der Waals surface area (Å²) in [5, 5.41) is 0. The average molecular weight is 236 g/mol. The Morgan fingerprint density at radius 2 is 2.41 bits per heavy atom. The van der Waals surface area contributed by atoms with E-state index < -0.39 is 0 Å². The van der Waals surface area contributed by atoms with Crippen molar-refractivity contribution >= 4 is 6.29 Å². The van der Waals surface area contributed by atoms with E-state index in [4.69, 9.17) is 4.42 Å². The number of carbonyl (C=O) groups is 1. The highest BCUT2D eigenvalue weighted by molar-refractivity contribution is 5.53. The SMILES string of the molecule is CC(C)N1CCCCC1c1nc(CC=O)co1. The van der Waals surface area contributed by atoms with Gasteiger partial charge < -0.3 is 9.21 Å². The quantitative estimate of drug-likeness (QED) is 0.753. The molecular formula is C13H20N2O2. The second-order valence-electron chi connectivity index (χ2n) is 4.89. The van der Waals surface area contributed by atoms with Gasteiger partial charge in [-0.2, -0.15) is 0 Å². The molecule has 2 rings (SSSR count). The summed E-state index contributed by atoms with van der Waals surface area (Å²) in [5.74, 6) is 0.773. The highest BCUT2D eigenvalue weighted by atomic mass is 16.3. The van der Waals surface area contributed by atoms with Crippen molar-refractivity contribution in [2.24, 2.45) is 0 Å². The van der Waals surface area contributed by atoms with Gasteiger partial charge in [-0.25, -0.2) is 4.98 Å². The van der Waals surface area contributed by atoms with Crippen LogP contribution in [0.5, 0.6) is 0 Å². The van der Waals surface area contributed by atoms with Crippen molar-refractivity contribution in [2.75, 3.05) is 6.54 Å². The molecule has 0 saturated carbocycles. The maximum atomic E-state index is 10.4. The fraction of sp³-hybridized carbons (Fsp3) is 0.692. The van der Waals surface area contributed by atoms with E-state index in [2.05, 4.69) is 23.7 Å². The number of piperidine rings is 1. The molecule has 0 N–H and O–H groups in total. The van der Waals surface area contributed by atoms with Crippen molar-refractivity contribution in [1.82, 2.24) is 9.88 Å². The Kier molecular flexibility index (Phi) is 3.94. The molecule has 0 aromatic carbocycles. The molecular weight excluding hydrogens is 216 g/mol. The number of aldehydes is 1. The lowest BCUT2D eigenvalue weighted by Crippen LogP contribution is -2.38. The van der Waals surface area contributed by atoms with Crippen LogP contribution in [0.2, 0.25) is 0 Å². The van der Waals surface area contributed by atoms with Crippen LogP contribution in [-0.4, -0.2) is 28.8 Å². The number of hydrogen-bond acceptors (Lipinski definition) is 4. The van der Waals surface area contributed by atoms with Crippen molar-refractivity contribution in [3.05, 3.63) is 17.8 Å². The molecule has 94 valence electrons. The maximum absolute atomic E-state index is 10.4. The molecule has 1 aromatic heterocycles. The first-order valence-electron chi connectivity index (χ1n) is 6.36. The third-order valence-corrected chi connectivity index (χ3v) is 3.35. The maximum Gasteiger partial charge on any atom is 0.211 e. The van der Waals surface area contributed by atoms with E-state index in [9.17, 15) is 4.79 Å².